The third-order valence-electron chi connectivity index (χ3n) is 4.99. The standard InChI is InChI=1S/C17H22/c1-13-15(14-8-4-3-5-9-14)12-17(2)11-7-6-10-16(13)17/h3-5,8-9,15H,6-7,10-12H2,1-2H3/t15-,17-/m1/s1. The Hall–Kier alpha value is -1.04. The van der Waals surface area contributed by atoms with Gasteiger partial charge in [0, 0.05) is 5.92 Å². The molecule has 1 saturated carbocycles. The van der Waals surface area contributed by atoms with Crippen LogP contribution in [-0.4, -0.2) is 0 Å². The summed E-state index contributed by atoms with van der Waals surface area (Å²) in [6.07, 6.45) is 6.94. The summed E-state index contributed by atoms with van der Waals surface area (Å²) in [5, 5.41) is 0. The Morgan fingerprint density at radius 3 is 2.59 bits per heavy atom. The van der Waals surface area contributed by atoms with Crippen LogP contribution in [0.5, 0.6) is 0 Å². The molecule has 0 amide bonds. The van der Waals surface area contributed by atoms with Crippen LogP contribution in [0.3, 0.4) is 0 Å². The van der Waals surface area contributed by atoms with Crippen LogP contribution < -0.4 is 0 Å². The molecule has 2 aliphatic rings. The number of fused-ring (bicyclic) bond motifs is 1. The molecule has 0 saturated heterocycles. The van der Waals surface area contributed by atoms with E-state index < -0.39 is 0 Å². The topological polar surface area (TPSA) is 0 Å². The Balaban J connectivity index is 1.98. The van der Waals surface area contributed by atoms with Crippen LogP contribution in [0.15, 0.2) is 41.5 Å². The molecule has 0 aliphatic heterocycles. The summed E-state index contributed by atoms with van der Waals surface area (Å²) in [6.45, 7) is 4.87. The fourth-order valence-corrected chi connectivity index (χ4v) is 4.04. The van der Waals surface area contributed by atoms with Crippen LogP contribution in [0, 0.1) is 5.41 Å². The lowest BCUT2D eigenvalue weighted by Gasteiger charge is -2.33. The number of hydrogen-bond donors (Lipinski definition) is 0. The molecule has 0 N–H and O–H groups in total. The molecule has 0 heteroatoms. The van der Waals surface area contributed by atoms with Gasteiger partial charge in [0.15, 0.2) is 0 Å². The molecule has 17 heavy (non-hydrogen) atoms. The highest BCUT2D eigenvalue weighted by molar-refractivity contribution is 5.39. The fraction of sp³-hybridized carbons (Fsp3) is 0.529. The summed E-state index contributed by atoms with van der Waals surface area (Å²) in [4.78, 5) is 0. The van der Waals surface area contributed by atoms with Crippen molar-refractivity contribution in [2.45, 2.75) is 51.9 Å². The minimum atomic E-state index is 0.517. The molecule has 1 aromatic carbocycles. The van der Waals surface area contributed by atoms with E-state index in [0.29, 0.717) is 11.3 Å². The monoisotopic (exact) mass is 226 g/mol. The Kier molecular flexibility index (Phi) is 2.61. The molecule has 0 aromatic heterocycles. The predicted octanol–water partition coefficient (Wildman–Crippen LogP) is 5.07. The first-order valence-electron chi connectivity index (χ1n) is 6.96. The van der Waals surface area contributed by atoms with Gasteiger partial charge in [0.1, 0.15) is 0 Å². The van der Waals surface area contributed by atoms with E-state index in [1.165, 1.54) is 37.7 Å². The van der Waals surface area contributed by atoms with Gasteiger partial charge in [-0.15, -0.1) is 0 Å². The molecule has 0 nitrogen and oxygen atoms in total. The zero-order valence-electron chi connectivity index (χ0n) is 11.0. The van der Waals surface area contributed by atoms with Crippen molar-refractivity contribution in [1.82, 2.24) is 0 Å². The minimum absolute atomic E-state index is 0.517. The first-order chi connectivity index (χ1) is 8.21. The fourth-order valence-electron chi connectivity index (χ4n) is 4.04. The van der Waals surface area contributed by atoms with Crippen LogP contribution in [0.25, 0.3) is 0 Å². The average Bonchev–Trinajstić information content (AvgIpc) is 2.63. The molecule has 0 radical (unpaired) electrons. The smallest absolute Gasteiger partial charge is 0.00565 e. The molecule has 2 atom stereocenters. The van der Waals surface area contributed by atoms with Crippen molar-refractivity contribution in [3.63, 3.8) is 0 Å². The summed E-state index contributed by atoms with van der Waals surface area (Å²) >= 11 is 0. The normalized spacial score (nSPS) is 32.7. The quantitative estimate of drug-likeness (QED) is 0.586. The Bertz CT molecular complexity index is 440. The van der Waals surface area contributed by atoms with Crippen LogP contribution in [0.1, 0.15) is 57.4 Å². The highest BCUT2D eigenvalue weighted by Crippen LogP contribution is 2.56. The van der Waals surface area contributed by atoms with Gasteiger partial charge < -0.3 is 0 Å². The first-order valence-corrected chi connectivity index (χ1v) is 6.96. The molecule has 2 aliphatic carbocycles. The van der Waals surface area contributed by atoms with Crippen LogP contribution in [0.4, 0.5) is 0 Å². The van der Waals surface area contributed by atoms with E-state index >= 15 is 0 Å². The third-order valence-corrected chi connectivity index (χ3v) is 4.99. The van der Waals surface area contributed by atoms with E-state index in [1.54, 1.807) is 11.1 Å². The van der Waals surface area contributed by atoms with Crippen molar-refractivity contribution in [1.29, 1.82) is 0 Å². The third kappa shape index (κ3) is 1.74. The zero-order chi connectivity index (χ0) is 11.9. The summed E-state index contributed by atoms with van der Waals surface area (Å²) in [6, 6.07) is 11.1. The van der Waals surface area contributed by atoms with Crippen molar-refractivity contribution in [2.24, 2.45) is 5.41 Å². The Morgan fingerprint density at radius 2 is 1.88 bits per heavy atom. The Labute approximate surface area is 105 Å². The molecular weight excluding hydrogens is 204 g/mol. The first kappa shape index (κ1) is 11.1. The molecule has 90 valence electrons. The largest absolute Gasteiger partial charge is 0.0660 e. The van der Waals surface area contributed by atoms with E-state index in [-0.39, 0.29) is 0 Å². The van der Waals surface area contributed by atoms with Gasteiger partial charge in [0.2, 0.25) is 0 Å². The predicted molar refractivity (Wildman–Crippen MR) is 73.1 cm³/mol. The van der Waals surface area contributed by atoms with Gasteiger partial charge in [-0.05, 0) is 43.6 Å². The lowest BCUT2D eigenvalue weighted by Crippen LogP contribution is -2.20. The van der Waals surface area contributed by atoms with Gasteiger partial charge in [0.05, 0.1) is 0 Å². The van der Waals surface area contributed by atoms with Crippen LogP contribution in [-0.2, 0) is 0 Å². The zero-order valence-corrected chi connectivity index (χ0v) is 11.0. The van der Waals surface area contributed by atoms with E-state index in [2.05, 4.69) is 44.2 Å². The average molecular weight is 226 g/mol. The van der Waals surface area contributed by atoms with E-state index in [0.717, 1.165) is 0 Å². The van der Waals surface area contributed by atoms with Crippen LogP contribution in [0.2, 0.25) is 0 Å². The minimum Gasteiger partial charge on any atom is -0.0660 e. The van der Waals surface area contributed by atoms with Crippen molar-refractivity contribution in [3.05, 3.63) is 47.0 Å². The van der Waals surface area contributed by atoms with E-state index in [1.807, 2.05) is 0 Å². The van der Waals surface area contributed by atoms with E-state index in [4.69, 9.17) is 0 Å². The van der Waals surface area contributed by atoms with Crippen LogP contribution >= 0.6 is 0 Å². The number of hydrogen-bond acceptors (Lipinski definition) is 0. The maximum Gasteiger partial charge on any atom is 0.00565 e. The van der Waals surface area contributed by atoms with Gasteiger partial charge in [0.25, 0.3) is 0 Å². The highest BCUT2D eigenvalue weighted by Gasteiger charge is 2.41. The lowest BCUT2D eigenvalue weighted by molar-refractivity contribution is 0.297. The Morgan fingerprint density at radius 1 is 1.12 bits per heavy atom. The van der Waals surface area contributed by atoms with Crippen molar-refractivity contribution in [2.75, 3.05) is 0 Å². The SMILES string of the molecule is CC1=C2CCCC[C@]2(C)C[C@H]1c1ccccc1. The van der Waals surface area contributed by atoms with Crippen molar-refractivity contribution >= 4 is 0 Å². The van der Waals surface area contributed by atoms with Gasteiger partial charge in [-0.3, -0.25) is 0 Å². The summed E-state index contributed by atoms with van der Waals surface area (Å²) in [5.41, 5.74) is 5.51. The molecule has 0 heterocycles. The number of rotatable bonds is 1. The second kappa shape index (κ2) is 4.01. The van der Waals surface area contributed by atoms with Crippen molar-refractivity contribution in [3.8, 4) is 0 Å². The van der Waals surface area contributed by atoms with Crippen molar-refractivity contribution < 1.29 is 0 Å². The number of benzene rings is 1. The molecular formula is C17H22. The maximum absolute atomic E-state index is 2.49. The van der Waals surface area contributed by atoms with Gasteiger partial charge >= 0.3 is 0 Å². The van der Waals surface area contributed by atoms with Gasteiger partial charge in [-0.25, -0.2) is 0 Å². The second-order valence-corrected chi connectivity index (χ2v) is 6.10. The summed E-state index contributed by atoms with van der Waals surface area (Å²) in [7, 11) is 0. The molecule has 0 spiro atoms. The lowest BCUT2D eigenvalue weighted by atomic mass is 9.72. The maximum atomic E-state index is 2.49. The van der Waals surface area contributed by atoms with Gasteiger partial charge in [-0.1, -0.05) is 54.8 Å². The highest BCUT2D eigenvalue weighted by atomic mass is 14.5. The molecule has 1 fully saturated rings. The second-order valence-electron chi connectivity index (χ2n) is 6.10. The number of allylic oxidation sites excluding steroid dienone is 2. The molecule has 3 rings (SSSR count). The van der Waals surface area contributed by atoms with Gasteiger partial charge in [-0.2, -0.15) is 0 Å². The molecule has 0 unspecified atom stereocenters. The van der Waals surface area contributed by atoms with E-state index in [9.17, 15) is 0 Å². The molecule has 0 bridgehead atoms. The summed E-state index contributed by atoms with van der Waals surface area (Å²) < 4.78 is 0. The summed E-state index contributed by atoms with van der Waals surface area (Å²) in [5.74, 6) is 0.689. The molecule has 1 aromatic rings.